The first-order chi connectivity index (χ1) is 16.0. The standard InChI is InChI=1S/C26H26N2O3S2/c1-17(2)32-20-12-10-19(11-13-20)25(29)28(16-18-8-6-5-7-9-18)26-27-23-21(30-3)14-15-22(31-4)24(23)33-26/h5-15,17H,16H2,1-4H3. The SMILES string of the molecule is COc1ccc(OC)c2sc(N(Cc3ccccc3)C(=O)c3ccc(SC(C)C)cc3)nc12. The summed E-state index contributed by atoms with van der Waals surface area (Å²) in [5.74, 6) is 1.25. The van der Waals surface area contributed by atoms with Crippen molar-refractivity contribution in [1.82, 2.24) is 4.98 Å². The molecule has 0 N–H and O–H groups in total. The molecule has 4 rings (SSSR count). The monoisotopic (exact) mass is 478 g/mol. The average Bonchev–Trinajstić information content (AvgIpc) is 3.27. The van der Waals surface area contributed by atoms with Gasteiger partial charge >= 0.3 is 0 Å². The van der Waals surface area contributed by atoms with Crippen LogP contribution < -0.4 is 14.4 Å². The van der Waals surface area contributed by atoms with Gasteiger partial charge in [0.05, 0.1) is 20.8 Å². The summed E-state index contributed by atoms with van der Waals surface area (Å²) in [6, 6.07) is 21.4. The molecular formula is C26H26N2O3S2. The van der Waals surface area contributed by atoms with Crippen molar-refractivity contribution in [3.63, 3.8) is 0 Å². The van der Waals surface area contributed by atoms with Crippen molar-refractivity contribution >= 4 is 44.4 Å². The maximum absolute atomic E-state index is 13.7. The number of ether oxygens (including phenoxy) is 2. The fourth-order valence-corrected chi connectivity index (χ4v) is 5.40. The normalized spacial score (nSPS) is 11.1. The molecule has 170 valence electrons. The minimum absolute atomic E-state index is 0.100. The number of thioether (sulfide) groups is 1. The Balaban J connectivity index is 1.76. The Morgan fingerprint density at radius 3 is 2.27 bits per heavy atom. The van der Waals surface area contributed by atoms with Crippen LogP contribution in [0.15, 0.2) is 71.6 Å². The van der Waals surface area contributed by atoms with E-state index in [1.54, 1.807) is 30.9 Å². The van der Waals surface area contributed by atoms with Crippen molar-refractivity contribution in [2.45, 2.75) is 30.5 Å². The van der Waals surface area contributed by atoms with Crippen molar-refractivity contribution in [3.8, 4) is 11.5 Å². The summed E-state index contributed by atoms with van der Waals surface area (Å²) in [5.41, 5.74) is 2.33. The van der Waals surface area contributed by atoms with E-state index in [1.165, 1.54) is 11.3 Å². The summed E-state index contributed by atoms with van der Waals surface area (Å²) in [7, 11) is 3.24. The third-order valence-corrected chi connectivity index (χ3v) is 7.14. The Morgan fingerprint density at radius 2 is 1.64 bits per heavy atom. The summed E-state index contributed by atoms with van der Waals surface area (Å²) in [6.45, 7) is 4.72. The van der Waals surface area contributed by atoms with Gasteiger partial charge in [-0.25, -0.2) is 4.98 Å². The van der Waals surface area contributed by atoms with Crippen molar-refractivity contribution < 1.29 is 14.3 Å². The van der Waals surface area contributed by atoms with E-state index in [1.807, 2.05) is 66.7 Å². The molecule has 5 nitrogen and oxygen atoms in total. The molecule has 0 aliphatic rings. The predicted octanol–water partition coefficient (Wildman–Crippen LogP) is 6.66. The van der Waals surface area contributed by atoms with Crippen molar-refractivity contribution in [1.29, 1.82) is 0 Å². The van der Waals surface area contributed by atoms with E-state index in [-0.39, 0.29) is 5.91 Å². The van der Waals surface area contributed by atoms with Crippen molar-refractivity contribution in [2.75, 3.05) is 19.1 Å². The minimum atomic E-state index is -0.100. The number of fused-ring (bicyclic) bond motifs is 1. The second kappa shape index (κ2) is 10.3. The van der Waals surface area contributed by atoms with Gasteiger partial charge in [-0.05, 0) is 42.0 Å². The largest absolute Gasteiger partial charge is 0.495 e. The average molecular weight is 479 g/mol. The van der Waals surface area contributed by atoms with Gasteiger partial charge in [-0.15, -0.1) is 11.8 Å². The summed E-state index contributed by atoms with van der Waals surface area (Å²) in [4.78, 5) is 21.4. The highest BCUT2D eigenvalue weighted by Gasteiger charge is 2.24. The number of methoxy groups -OCH3 is 2. The molecule has 3 aromatic carbocycles. The Hall–Kier alpha value is -3.03. The number of benzene rings is 3. The number of hydrogen-bond donors (Lipinski definition) is 0. The molecule has 0 bridgehead atoms. The van der Waals surface area contributed by atoms with Crippen LogP contribution in [-0.4, -0.2) is 30.4 Å². The Morgan fingerprint density at radius 1 is 0.970 bits per heavy atom. The number of rotatable bonds is 8. The number of anilines is 1. The molecule has 0 aliphatic heterocycles. The van der Waals surface area contributed by atoms with Crippen LogP contribution in [0.5, 0.6) is 11.5 Å². The zero-order chi connectivity index (χ0) is 23.4. The molecule has 0 spiro atoms. The molecule has 33 heavy (non-hydrogen) atoms. The lowest BCUT2D eigenvalue weighted by Crippen LogP contribution is -2.30. The van der Waals surface area contributed by atoms with Gasteiger partial charge in [0.2, 0.25) is 0 Å². The summed E-state index contributed by atoms with van der Waals surface area (Å²) in [5, 5.41) is 1.08. The van der Waals surface area contributed by atoms with E-state index in [0.29, 0.717) is 39.5 Å². The zero-order valence-electron chi connectivity index (χ0n) is 19.1. The molecule has 0 fully saturated rings. The number of hydrogen-bond acceptors (Lipinski definition) is 6. The van der Waals surface area contributed by atoms with E-state index in [4.69, 9.17) is 14.5 Å². The van der Waals surface area contributed by atoms with E-state index in [0.717, 1.165) is 15.2 Å². The van der Waals surface area contributed by atoms with E-state index >= 15 is 0 Å². The van der Waals surface area contributed by atoms with Crippen LogP contribution >= 0.6 is 23.1 Å². The van der Waals surface area contributed by atoms with Crippen LogP contribution in [0.1, 0.15) is 29.8 Å². The van der Waals surface area contributed by atoms with Gasteiger partial charge in [-0.1, -0.05) is 55.5 Å². The Kier molecular flexibility index (Phi) is 7.20. The molecule has 0 saturated heterocycles. The second-order valence-electron chi connectivity index (χ2n) is 7.71. The quantitative estimate of drug-likeness (QED) is 0.265. The fourth-order valence-electron chi connectivity index (χ4n) is 3.49. The van der Waals surface area contributed by atoms with Crippen molar-refractivity contribution in [2.24, 2.45) is 0 Å². The van der Waals surface area contributed by atoms with Crippen LogP contribution in [0.3, 0.4) is 0 Å². The number of carbonyl (C=O) groups is 1. The van der Waals surface area contributed by atoms with Crippen LogP contribution in [0.25, 0.3) is 10.2 Å². The van der Waals surface area contributed by atoms with Gasteiger partial charge < -0.3 is 9.47 Å². The van der Waals surface area contributed by atoms with Crippen LogP contribution in [0, 0.1) is 0 Å². The fraction of sp³-hybridized carbons (Fsp3) is 0.231. The maximum Gasteiger partial charge on any atom is 0.260 e. The number of nitrogens with zero attached hydrogens (tertiary/aromatic N) is 2. The highest BCUT2D eigenvalue weighted by Crippen LogP contribution is 2.40. The Labute approximate surface area is 202 Å². The molecular weight excluding hydrogens is 452 g/mol. The second-order valence-corrected chi connectivity index (χ2v) is 10.3. The Bertz CT molecular complexity index is 1200. The first kappa shape index (κ1) is 23.1. The lowest BCUT2D eigenvalue weighted by molar-refractivity contribution is 0.0985. The van der Waals surface area contributed by atoms with Crippen LogP contribution in [-0.2, 0) is 6.54 Å². The number of aromatic nitrogens is 1. The first-order valence-corrected chi connectivity index (χ1v) is 12.3. The zero-order valence-corrected chi connectivity index (χ0v) is 20.7. The predicted molar refractivity (Wildman–Crippen MR) is 137 cm³/mol. The third-order valence-electron chi connectivity index (χ3n) is 5.03. The molecule has 0 atom stereocenters. The van der Waals surface area contributed by atoms with Crippen molar-refractivity contribution in [3.05, 3.63) is 77.9 Å². The summed E-state index contributed by atoms with van der Waals surface area (Å²) >= 11 is 3.20. The summed E-state index contributed by atoms with van der Waals surface area (Å²) in [6.07, 6.45) is 0. The first-order valence-electron chi connectivity index (χ1n) is 10.6. The molecule has 1 amide bonds. The smallest absolute Gasteiger partial charge is 0.260 e. The highest BCUT2D eigenvalue weighted by atomic mass is 32.2. The maximum atomic E-state index is 13.7. The lowest BCUT2D eigenvalue weighted by Gasteiger charge is -2.20. The van der Waals surface area contributed by atoms with Gasteiger partial charge in [-0.2, -0.15) is 0 Å². The lowest BCUT2D eigenvalue weighted by atomic mass is 10.1. The third kappa shape index (κ3) is 5.15. The number of amides is 1. The van der Waals surface area contributed by atoms with E-state index in [2.05, 4.69) is 13.8 Å². The van der Waals surface area contributed by atoms with Gasteiger partial charge in [0, 0.05) is 15.7 Å². The van der Waals surface area contributed by atoms with Gasteiger partial charge in [0.25, 0.3) is 5.91 Å². The summed E-state index contributed by atoms with van der Waals surface area (Å²) < 4.78 is 11.9. The molecule has 0 aliphatic carbocycles. The van der Waals surface area contributed by atoms with Gasteiger partial charge in [0.1, 0.15) is 21.7 Å². The van der Waals surface area contributed by atoms with E-state index < -0.39 is 0 Å². The molecule has 4 aromatic rings. The van der Waals surface area contributed by atoms with Gasteiger partial charge in [0.15, 0.2) is 5.13 Å². The molecule has 0 unspecified atom stereocenters. The number of thiazole rings is 1. The highest BCUT2D eigenvalue weighted by molar-refractivity contribution is 7.99. The number of carbonyl (C=O) groups excluding carboxylic acids is 1. The molecule has 0 radical (unpaired) electrons. The molecule has 1 heterocycles. The van der Waals surface area contributed by atoms with Crippen LogP contribution in [0.4, 0.5) is 5.13 Å². The van der Waals surface area contributed by atoms with E-state index in [9.17, 15) is 4.79 Å². The molecule has 7 heteroatoms. The van der Waals surface area contributed by atoms with Crippen LogP contribution in [0.2, 0.25) is 0 Å². The minimum Gasteiger partial charge on any atom is -0.495 e. The topological polar surface area (TPSA) is 51.7 Å². The molecule has 0 saturated carbocycles. The molecule has 1 aromatic heterocycles. The van der Waals surface area contributed by atoms with Gasteiger partial charge in [-0.3, -0.25) is 9.69 Å².